The Labute approximate surface area is 172 Å². The van der Waals surface area contributed by atoms with Gasteiger partial charge in [0.25, 0.3) is 5.91 Å². The van der Waals surface area contributed by atoms with Crippen LogP contribution < -0.4 is 5.73 Å². The first kappa shape index (κ1) is 17.0. The molecule has 1 amide bonds. The lowest BCUT2D eigenvalue weighted by Gasteiger charge is -2.17. The number of nitrogens with one attached hydrogen (secondary N) is 1. The highest BCUT2D eigenvalue weighted by atomic mass is 16.3. The van der Waals surface area contributed by atoms with Gasteiger partial charge >= 0.3 is 0 Å². The van der Waals surface area contributed by atoms with Crippen molar-refractivity contribution in [3.8, 4) is 22.6 Å². The van der Waals surface area contributed by atoms with Gasteiger partial charge in [0.1, 0.15) is 13.2 Å². The summed E-state index contributed by atoms with van der Waals surface area (Å²) in [6.45, 7) is 0.447. The van der Waals surface area contributed by atoms with Crippen molar-refractivity contribution in [1.82, 2.24) is 35.0 Å². The number of H-pyrrole nitrogens is 1. The summed E-state index contributed by atoms with van der Waals surface area (Å²) >= 11 is 0. The summed E-state index contributed by atoms with van der Waals surface area (Å²) in [5.74, 6) is 0.225. The van der Waals surface area contributed by atoms with E-state index in [4.69, 9.17) is 7.10 Å². The quantitative estimate of drug-likeness (QED) is 0.461. The molecule has 1 aliphatic rings. The number of benzene rings is 1. The molecule has 1 fully saturated rings. The topological polar surface area (TPSA) is 147 Å². The molecule has 4 N–H and O–H groups in total. The fraction of sp³-hybridized carbons (Fsp3) is 0.200. The average molecular weight is 403 g/mol. The molecule has 3 aromatic heterocycles. The molecule has 1 aromatic carbocycles. The number of aromatic amines is 1. The summed E-state index contributed by atoms with van der Waals surface area (Å²) < 4.78 is 7.57. The van der Waals surface area contributed by atoms with Gasteiger partial charge in [-0.1, -0.05) is 18.2 Å². The van der Waals surface area contributed by atoms with Crippen molar-refractivity contribution in [2.24, 2.45) is 0 Å². The Balaban J connectivity index is 1.51. The number of nitrogens with two attached hydrogens (primary N) is 1. The van der Waals surface area contributed by atoms with Crippen molar-refractivity contribution in [2.75, 3.05) is 19.3 Å². The fourth-order valence-corrected chi connectivity index (χ4v) is 3.54. The molecule has 10 nitrogen and oxygen atoms in total. The van der Waals surface area contributed by atoms with Crippen LogP contribution >= 0.6 is 0 Å². The van der Waals surface area contributed by atoms with Gasteiger partial charge in [0, 0.05) is 31.1 Å². The van der Waals surface area contributed by atoms with E-state index in [0.717, 1.165) is 5.56 Å². The fourth-order valence-electron chi connectivity index (χ4n) is 3.54. The monoisotopic (exact) mass is 403 g/mol. The van der Waals surface area contributed by atoms with Crippen LogP contribution in [0.5, 0.6) is 0 Å². The zero-order valence-corrected chi connectivity index (χ0v) is 16.0. The molecule has 1 atom stereocenters. The van der Waals surface area contributed by atoms with E-state index < -0.39 is 11.5 Å². The van der Waals surface area contributed by atoms with Gasteiger partial charge in [-0.05, 0) is 18.2 Å². The molecule has 1 saturated heterocycles. The SMILES string of the molecule is [2H]c1nc(N)c2nc(-c3cccc(-c4n[nH]c([C@]5(O)CCN(C)C5=O)n4)c3)ccc2n1. The highest BCUT2D eigenvalue weighted by Gasteiger charge is 2.48. The van der Waals surface area contributed by atoms with Gasteiger partial charge in [-0.3, -0.25) is 9.89 Å². The van der Waals surface area contributed by atoms with Crippen LogP contribution in [0.3, 0.4) is 0 Å². The number of anilines is 1. The smallest absolute Gasteiger partial charge is 0.262 e. The van der Waals surface area contributed by atoms with E-state index in [1.807, 2.05) is 24.3 Å². The number of likely N-dealkylation sites (tertiary alicyclic amines) is 1. The largest absolute Gasteiger partial charge is 0.382 e. The number of fused-ring (bicyclic) bond motifs is 1. The molecule has 150 valence electrons. The lowest BCUT2D eigenvalue weighted by Crippen LogP contribution is -2.37. The van der Waals surface area contributed by atoms with E-state index in [1.54, 1.807) is 19.2 Å². The molecule has 0 bridgehead atoms. The minimum absolute atomic E-state index is 0.127. The molecule has 10 heteroatoms. The Morgan fingerprint density at radius 3 is 2.87 bits per heavy atom. The second-order valence-corrected chi connectivity index (χ2v) is 7.20. The van der Waals surface area contributed by atoms with Gasteiger partial charge in [0.05, 0.1) is 11.2 Å². The Morgan fingerprint density at radius 2 is 2.07 bits per heavy atom. The number of likely N-dealkylation sites (N-methyl/N-ethyl adjacent to an activating group) is 1. The van der Waals surface area contributed by atoms with Crippen molar-refractivity contribution in [2.45, 2.75) is 12.0 Å². The summed E-state index contributed by atoms with van der Waals surface area (Å²) in [7, 11) is 1.64. The van der Waals surface area contributed by atoms with E-state index in [2.05, 4.69) is 30.1 Å². The van der Waals surface area contributed by atoms with Crippen molar-refractivity contribution in [3.63, 3.8) is 0 Å². The lowest BCUT2D eigenvalue weighted by molar-refractivity contribution is -0.143. The van der Waals surface area contributed by atoms with Crippen LogP contribution in [0.25, 0.3) is 33.7 Å². The Bertz CT molecular complexity index is 1340. The first-order valence-corrected chi connectivity index (χ1v) is 9.28. The van der Waals surface area contributed by atoms with E-state index in [0.29, 0.717) is 34.7 Å². The van der Waals surface area contributed by atoms with Gasteiger partial charge in [-0.25, -0.2) is 19.9 Å². The summed E-state index contributed by atoms with van der Waals surface area (Å²) in [5.41, 5.74) is 7.26. The number of carbonyl (C=O) groups is 1. The number of aromatic nitrogens is 6. The van der Waals surface area contributed by atoms with Crippen LogP contribution in [-0.2, 0) is 10.4 Å². The predicted octanol–water partition coefficient (Wildman–Crippen LogP) is 1.11. The molecule has 1 aliphatic heterocycles. The normalized spacial score (nSPS) is 19.5. The van der Waals surface area contributed by atoms with Gasteiger partial charge in [-0.2, -0.15) is 5.10 Å². The molecular weight excluding hydrogens is 384 g/mol. The summed E-state index contributed by atoms with van der Waals surface area (Å²) in [4.78, 5) is 30.6. The van der Waals surface area contributed by atoms with Crippen LogP contribution in [0.1, 0.15) is 13.6 Å². The minimum Gasteiger partial charge on any atom is -0.382 e. The van der Waals surface area contributed by atoms with Crippen LogP contribution in [-0.4, -0.2) is 59.6 Å². The van der Waals surface area contributed by atoms with Gasteiger partial charge < -0.3 is 15.7 Å². The zero-order chi connectivity index (χ0) is 21.8. The van der Waals surface area contributed by atoms with E-state index in [9.17, 15) is 9.90 Å². The standard InChI is InChI=1S/C20H18N8O2/c1-28-8-7-20(30,19(28)29)18-25-17(26-27-18)12-4-2-3-11(9-12)13-5-6-14-15(24-13)16(21)23-10-22-14/h2-6,9-10,30H,7-8H2,1H3,(H2,21,22,23)(H,25,26,27)/t20-/m1/s1/i10D. The molecule has 0 saturated carbocycles. The third kappa shape index (κ3) is 2.77. The van der Waals surface area contributed by atoms with Crippen LogP contribution in [0.2, 0.25) is 0 Å². The van der Waals surface area contributed by atoms with E-state index in [1.165, 1.54) is 4.90 Å². The number of nitrogens with zero attached hydrogens (tertiary/aromatic N) is 6. The van der Waals surface area contributed by atoms with E-state index in [-0.39, 0.29) is 24.4 Å². The summed E-state index contributed by atoms with van der Waals surface area (Å²) in [6, 6.07) is 10.9. The van der Waals surface area contributed by atoms with Crippen molar-refractivity contribution >= 4 is 22.8 Å². The minimum atomic E-state index is -1.69. The third-order valence-corrected chi connectivity index (χ3v) is 5.26. The van der Waals surface area contributed by atoms with Crippen molar-refractivity contribution in [1.29, 1.82) is 0 Å². The molecule has 0 aliphatic carbocycles. The first-order valence-electron chi connectivity index (χ1n) is 9.78. The average Bonchev–Trinajstić information content (AvgIpc) is 3.36. The van der Waals surface area contributed by atoms with Crippen molar-refractivity contribution in [3.05, 3.63) is 48.5 Å². The van der Waals surface area contributed by atoms with Crippen molar-refractivity contribution < 1.29 is 11.3 Å². The second-order valence-electron chi connectivity index (χ2n) is 7.20. The number of pyridine rings is 1. The second kappa shape index (κ2) is 6.56. The molecule has 4 heterocycles. The third-order valence-electron chi connectivity index (χ3n) is 5.26. The van der Waals surface area contributed by atoms with E-state index >= 15 is 0 Å². The molecule has 30 heavy (non-hydrogen) atoms. The number of rotatable bonds is 3. The zero-order valence-electron chi connectivity index (χ0n) is 17.0. The van der Waals surface area contributed by atoms with Gasteiger partial charge in [0.2, 0.25) is 5.60 Å². The molecule has 0 spiro atoms. The number of amides is 1. The maximum absolute atomic E-state index is 12.3. The van der Waals surface area contributed by atoms with Crippen LogP contribution in [0.4, 0.5) is 5.82 Å². The van der Waals surface area contributed by atoms with Crippen LogP contribution in [0, 0.1) is 0 Å². The Morgan fingerprint density at radius 1 is 1.23 bits per heavy atom. The van der Waals surface area contributed by atoms with Crippen LogP contribution in [0.15, 0.2) is 42.7 Å². The molecule has 0 radical (unpaired) electrons. The maximum atomic E-state index is 12.3. The number of hydrogen-bond donors (Lipinski definition) is 3. The summed E-state index contributed by atoms with van der Waals surface area (Å²) in [6.07, 6.45) is 0.0946. The number of nitrogen functional groups attached to an aromatic ring is 1. The number of hydrogen-bond acceptors (Lipinski definition) is 8. The predicted molar refractivity (Wildman–Crippen MR) is 109 cm³/mol. The Kier molecular flexibility index (Phi) is 3.71. The lowest BCUT2D eigenvalue weighted by atomic mass is 10.0. The molecular formula is C20H18N8O2. The Hall–Kier alpha value is -3.92. The highest BCUT2D eigenvalue weighted by Crippen LogP contribution is 2.32. The maximum Gasteiger partial charge on any atom is 0.262 e. The van der Waals surface area contributed by atoms with Gasteiger partial charge in [-0.15, -0.1) is 0 Å². The molecule has 4 aromatic rings. The molecule has 0 unspecified atom stereocenters. The molecule has 5 rings (SSSR count). The summed E-state index contributed by atoms with van der Waals surface area (Å²) in [5, 5.41) is 17.7. The first-order chi connectivity index (χ1) is 14.8. The highest BCUT2D eigenvalue weighted by molar-refractivity contribution is 5.87. The number of aliphatic hydroxyl groups is 1. The van der Waals surface area contributed by atoms with Gasteiger partial charge in [0.15, 0.2) is 17.5 Å². The number of carbonyl (C=O) groups excluding carboxylic acids is 1.